The van der Waals surface area contributed by atoms with Gasteiger partial charge in [0, 0.05) is 24.7 Å². The average molecular weight is 334 g/mol. The molecule has 0 heterocycles. The first-order valence-corrected chi connectivity index (χ1v) is 8.40. The molecule has 2 atom stereocenters. The summed E-state index contributed by atoms with van der Waals surface area (Å²) in [5.41, 5.74) is 0.618. The number of amides is 2. The topological polar surface area (TPSA) is 67.9 Å². The van der Waals surface area contributed by atoms with Gasteiger partial charge in [-0.2, -0.15) is 0 Å². The lowest BCUT2D eigenvalue weighted by Crippen LogP contribution is -2.36. The maximum absolute atomic E-state index is 12.2. The number of carbonyl (C=O) groups is 2. The number of carbonyl (C=O) groups excluding carboxylic acids is 2. The third-order valence-electron chi connectivity index (χ3n) is 4.01. The summed E-state index contributed by atoms with van der Waals surface area (Å²) >= 11 is 0. The fourth-order valence-electron chi connectivity index (χ4n) is 2.57. The summed E-state index contributed by atoms with van der Waals surface area (Å²) in [5, 5.41) is 2.80. The van der Waals surface area contributed by atoms with E-state index in [-0.39, 0.29) is 24.3 Å². The highest BCUT2D eigenvalue weighted by atomic mass is 16.5. The molecule has 24 heavy (non-hydrogen) atoms. The zero-order valence-electron chi connectivity index (χ0n) is 14.8. The minimum atomic E-state index is -0.231. The maximum atomic E-state index is 12.2. The van der Waals surface area contributed by atoms with Crippen molar-refractivity contribution in [3.8, 4) is 11.5 Å². The van der Waals surface area contributed by atoms with E-state index in [9.17, 15) is 9.59 Å². The molecule has 0 bridgehead atoms. The van der Waals surface area contributed by atoms with Crippen LogP contribution in [0, 0.1) is 11.8 Å². The molecule has 2 rings (SSSR count). The van der Waals surface area contributed by atoms with Gasteiger partial charge in [0.2, 0.25) is 11.8 Å². The summed E-state index contributed by atoms with van der Waals surface area (Å²) in [4.78, 5) is 25.7. The van der Waals surface area contributed by atoms with Crippen LogP contribution in [0.2, 0.25) is 0 Å². The van der Waals surface area contributed by atoms with Crippen LogP contribution in [-0.4, -0.2) is 43.5 Å². The lowest BCUT2D eigenvalue weighted by Gasteiger charge is -2.17. The second-order valence-electron chi connectivity index (χ2n) is 6.09. The van der Waals surface area contributed by atoms with Crippen molar-refractivity contribution < 1.29 is 19.1 Å². The highest BCUT2D eigenvalue weighted by Gasteiger charge is 2.40. The van der Waals surface area contributed by atoms with Gasteiger partial charge in [-0.05, 0) is 38.3 Å². The van der Waals surface area contributed by atoms with E-state index in [0.29, 0.717) is 36.3 Å². The molecule has 1 aliphatic rings. The molecule has 1 N–H and O–H groups in total. The number of hydrogen-bond acceptors (Lipinski definition) is 4. The van der Waals surface area contributed by atoms with Crippen molar-refractivity contribution in [3.63, 3.8) is 0 Å². The quantitative estimate of drug-likeness (QED) is 0.793. The molecule has 6 nitrogen and oxygen atoms in total. The van der Waals surface area contributed by atoms with Crippen molar-refractivity contribution in [1.29, 1.82) is 0 Å². The zero-order chi connectivity index (χ0) is 17.7. The molecular formula is C18H26N2O4. The molecule has 0 radical (unpaired) electrons. The third kappa shape index (κ3) is 4.63. The first kappa shape index (κ1) is 18.1. The third-order valence-corrected chi connectivity index (χ3v) is 4.01. The SMILES string of the molecule is CCOc1ccc(NC(=O)CN(C)C(=O)C2CC2C)cc1OCC. The number of nitrogens with one attached hydrogen (secondary N) is 1. The summed E-state index contributed by atoms with van der Waals surface area (Å²) in [5.74, 6) is 1.56. The van der Waals surface area contributed by atoms with Gasteiger partial charge in [0.25, 0.3) is 0 Å². The summed E-state index contributed by atoms with van der Waals surface area (Å²) < 4.78 is 11.0. The van der Waals surface area contributed by atoms with Crippen LogP contribution in [0.5, 0.6) is 11.5 Å². The Morgan fingerprint density at radius 2 is 1.83 bits per heavy atom. The Labute approximate surface area is 143 Å². The van der Waals surface area contributed by atoms with E-state index < -0.39 is 0 Å². The molecule has 2 amide bonds. The molecule has 1 aromatic carbocycles. The number of nitrogens with zero attached hydrogens (tertiary/aromatic N) is 1. The van der Waals surface area contributed by atoms with Gasteiger partial charge in [0.05, 0.1) is 19.8 Å². The minimum absolute atomic E-state index is 0.0409. The van der Waals surface area contributed by atoms with Crippen LogP contribution in [0.25, 0.3) is 0 Å². The van der Waals surface area contributed by atoms with E-state index >= 15 is 0 Å². The van der Waals surface area contributed by atoms with E-state index in [0.717, 1.165) is 6.42 Å². The molecule has 1 aromatic rings. The van der Waals surface area contributed by atoms with Crippen molar-refractivity contribution in [2.24, 2.45) is 11.8 Å². The fourth-order valence-corrected chi connectivity index (χ4v) is 2.57. The second kappa shape index (κ2) is 8.04. The Hall–Kier alpha value is -2.24. The van der Waals surface area contributed by atoms with Gasteiger partial charge in [0.1, 0.15) is 0 Å². The van der Waals surface area contributed by atoms with Gasteiger partial charge in [0.15, 0.2) is 11.5 Å². The van der Waals surface area contributed by atoms with Gasteiger partial charge >= 0.3 is 0 Å². The van der Waals surface area contributed by atoms with Crippen LogP contribution >= 0.6 is 0 Å². The van der Waals surface area contributed by atoms with Crippen LogP contribution in [0.4, 0.5) is 5.69 Å². The first-order valence-electron chi connectivity index (χ1n) is 8.40. The number of rotatable bonds is 8. The number of anilines is 1. The van der Waals surface area contributed by atoms with Crippen molar-refractivity contribution in [2.45, 2.75) is 27.2 Å². The van der Waals surface area contributed by atoms with Crippen molar-refractivity contribution in [1.82, 2.24) is 4.90 Å². The number of hydrogen-bond donors (Lipinski definition) is 1. The molecule has 0 aromatic heterocycles. The van der Waals surface area contributed by atoms with Gasteiger partial charge in [-0.1, -0.05) is 6.92 Å². The Balaban J connectivity index is 1.95. The van der Waals surface area contributed by atoms with E-state index in [4.69, 9.17) is 9.47 Å². The Morgan fingerprint density at radius 3 is 2.42 bits per heavy atom. The molecular weight excluding hydrogens is 308 g/mol. The Bertz CT molecular complexity index is 603. The van der Waals surface area contributed by atoms with Crippen molar-refractivity contribution >= 4 is 17.5 Å². The average Bonchev–Trinajstić information content (AvgIpc) is 3.26. The predicted octanol–water partition coefficient (Wildman–Crippen LogP) is 2.54. The Morgan fingerprint density at radius 1 is 1.21 bits per heavy atom. The van der Waals surface area contributed by atoms with E-state index in [2.05, 4.69) is 5.32 Å². The van der Waals surface area contributed by atoms with Gasteiger partial charge in [-0.15, -0.1) is 0 Å². The smallest absolute Gasteiger partial charge is 0.243 e. The first-order chi connectivity index (χ1) is 11.5. The largest absolute Gasteiger partial charge is 0.490 e. The number of ether oxygens (including phenoxy) is 2. The van der Waals surface area contributed by atoms with Crippen LogP contribution < -0.4 is 14.8 Å². The molecule has 0 spiro atoms. The monoisotopic (exact) mass is 334 g/mol. The van der Waals surface area contributed by atoms with E-state index in [1.54, 1.807) is 25.2 Å². The van der Waals surface area contributed by atoms with Crippen LogP contribution in [0.3, 0.4) is 0 Å². The molecule has 132 valence electrons. The van der Waals surface area contributed by atoms with Gasteiger partial charge < -0.3 is 19.7 Å². The predicted molar refractivity (Wildman–Crippen MR) is 92.3 cm³/mol. The standard InChI is InChI=1S/C18H26N2O4/c1-5-23-15-8-7-13(10-16(15)24-6-2)19-17(21)11-20(4)18(22)14-9-12(14)3/h7-8,10,12,14H,5-6,9,11H2,1-4H3,(H,19,21). The molecule has 1 aliphatic carbocycles. The number of benzene rings is 1. The van der Waals surface area contributed by atoms with Crippen LogP contribution in [-0.2, 0) is 9.59 Å². The highest BCUT2D eigenvalue weighted by Crippen LogP contribution is 2.38. The lowest BCUT2D eigenvalue weighted by molar-refractivity contribution is -0.134. The molecule has 2 unspecified atom stereocenters. The summed E-state index contributed by atoms with van der Waals surface area (Å²) in [6, 6.07) is 5.26. The van der Waals surface area contributed by atoms with Crippen molar-refractivity contribution in [2.75, 3.05) is 32.1 Å². The highest BCUT2D eigenvalue weighted by molar-refractivity contribution is 5.95. The maximum Gasteiger partial charge on any atom is 0.243 e. The molecule has 1 saturated carbocycles. The van der Waals surface area contributed by atoms with Gasteiger partial charge in [-0.25, -0.2) is 0 Å². The summed E-state index contributed by atoms with van der Waals surface area (Å²) in [6.07, 6.45) is 0.918. The molecule has 0 aliphatic heterocycles. The van der Waals surface area contributed by atoms with E-state index in [1.807, 2.05) is 20.8 Å². The summed E-state index contributed by atoms with van der Waals surface area (Å²) in [7, 11) is 1.66. The fraction of sp³-hybridized carbons (Fsp3) is 0.556. The minimum Gasteiger partial charge on any atom is -0.490 e. The van der Waals surface area contributed by atoms with Crippen LogP contribution in [0.15, 0.2) is 18.2 Å². The number of likely N-dealkylation sites (N-methyl/N-ethyl adjacent to an activating group) is 1. The van der Waals surface area contributed by atoms with E-state index in [1.165, 1.54) is 4.90 Å². The molecule has 6 heteroatoms. The lowest BCUT2D eigenvalue weighted by atomic mass is 10.2. The second-order valence-corrected chi connectivity index (χ2v) is 6.09. The van der Waals surface area contributed by atoms with Gasteiger partial charge in [-0.3, -0.25) is 9.59 Å². The normalized spacial score (nSPS) is 18.7. The molecule has 0 saturated heterocycles. The van der Waals surface area contributed by atoms with Crippen LogP contribution in [0.1, 0.15) is 27.2 Å². The Kier molecular flexibility index (Phi) is 6.06. The zero-order valence-corrected chi connectivity index (χ0v) is 14.8. The summed E-state index contributed by atoms with van der Waals surface area (Å²) in [6.45, 7) is 6.93. The molecule has 1 fully saturated rings. The van der Waals surface area contributed by atoms with Crippen molar-refractivity contribution in [3.05, 3.63) is 18.2 Å².